The second kappa shape index (κ2) is 14.9. The molecule has 0 bridgehead atoms. The highest BCUT2D eigenvalue weighted by molar-refractivity contribution is 7.89. The van der Waals surface area contributed by atoms with Crippen LogP contribution in [-0.4, -0.2) is 90.7 Å². The molecule has 1 aromatic carbocycles. The number of hydrogen-bond acceptors (Lipinski definition) is 7. The quantitative estimate of drug-likeness (QED) is 0.216. The Kier molecular flexibility index (Phi) is 12.3. The first-order valence-corrected chi connectivity index (χ1v) is 16.9. The summed E-state index contributed by atoms with van der Waals surface area (Å²) >= 11 is 0. The first kappa shape index (κ1) is 31.3. The number of benzene rings is 1. The topological polar surface area (TPSA) is 122 Å². The summed E-state index contributed by atoms with van der Waals surface area (Å²) in [4.78, 5) is 6.77. The van der Waals surface area contributed by atoms with Gasteiger partial charge in [0.15, 0.2) is 0 Å². The van der Waals surface area contributed by atoms with E-state index in [1.54, 1.807) is 24.3 Å². The summed E-state index contributed by atoms with van der Waals surface area (Å²) in [7, 11) is -3.94. The highest BCUT2D eigenvalue weighted by Gasteiger charge is 2.26. The number of nitrogens with one attached hydrogen (secondary N) is 2. The molecule has 0 radical (unpaired) electrons. The molecule has 1 atom stereocenters. The summed E-state index contributed by atoms with van der Waals surface area (Å²) in [5.41, 5.74) is 0.951. The average Bonchev–Trinajstić information content (AvgIpc) is 2.87. The summed E-state index contributed by atoms with van der Waals surface area (Å²) in [6.07, 6.45) is 10.3. The number of sulfonamides is 1. The molecule has 3 N–H and O–H groups in total. The molecule has 2 fully saturated rings. The molecule has 10 nitrogen and oxygen atoms in total. The standard InChI is InChI=1S/C26H47N5O5S2/c1-29(2)24-13-15-25(16-14-24)37(32,33)27-17-8-18-30(22-23-10-4-3-5-11-23)19-9-21-31-20-7-6-12-26(31)28-38(34,35)36/h13-16,23,26-28H,3-12,17-22H2,1-2H3,(H,34,35,36). The van der Waals surface area contributed by atoms with Crippen LogP contribution in [0.5, 0.6) is 0 Å². The zero-order valence-corrected chi connectivity index (χ0v) is 24.6. The molecule has 1 saturated carbocycles. The maximum Gasteiger partial charge on any atom is 0.334 e. The van der Waals surface area contributed by atoms with Crippen LogP contribution in [0.25, 0.3) is 0 Å². The van der Waals surface area contributed by atoms with Gasteiger partial charge in [-0.15, -0.1) is 0 Å². The van der Waals surface area contributed by atoms with Crippen molar-refractivity contribution >= 4 is 26.0 Å². The van der Waals surface area contributed by atoms with Crippen LogP contribution in [0.4, 0.5) is 5.69 Å². The number of likely N-dealkylation sites (tertiary alicyclic amines) is 1. The van der Waals surface area contributed by atoms with Gasteiger partial charge in [-0.1, -0.05) is 19.3 Å². The van der Waals surface area contributed by atoms with Crippen LogP contribution in [0, 0.1) is 5.92 Å². The van der Waals surface area contributed by atoms with Crippen molar-refractivity contribution in [1.29, 1.82) is 0 Å². The first-order chi connectivity index (χ1) is 18.0. The molecule has 218 valence electrons. The lowest BCUT2D eigenvalue weighted by Gasteiger charge is -2.36. The molecule has 1 saturated heterocycles. The van der Waals surface area contributed by atoms with Crippen LogP contribution in [-0.2, 0) is 20.3 Å². The molecule has 2 aliphatic rings. The number of nitrogens with zero attached hydrogens (tertiary/aromatic N) is 3. The monoisotopic (exact) mass is 573 g/mol. The van der Waals surface area contributed by atoms with Crippen LogP contribution in [0.2, 0.25) is 0 Å². The molecule has 3 rings (SSSR count). The predicted octanol–water partition coefficient (Wildman–Crippen LogP) is 2.90. The first-order valence-electron chi connectivity index (χ1n) is 14.0. The lowest BCUT2D eigenvalue weighted by atomic mass is 9.89. The van der Waals surface area contributed by atoms with Gasteiger partial charge in [-0.2, -0.15) is 13.1 Å². The molecule has 0 aromatic heterocycles. The van der Waals surface area contributed by atoms with Crippen molar-refractivity contribution in [3.63, 3.8) is 0 Å². The van der Waals surface area contributed by atoms with Gasteiger partial charge in [-0.05, 0) is 94.8 Å². The lowest BCUT2D eigenvalue weighted by molar-refractivity contribution is 0.123. The molecule has 1 aliphatic heterocycles. The summed E-state index contributed by atoms with van der Waals surface area (Å²) in [6, 6.07) is 6.88. The Morgan fingerprint density at radius 3 is 2.24 bits per heavy atom. The van der Waals surface area contributed by atoms with Gasteiger partial charge in [-0.25, -0.2) is 13.1 Å². The average molecular weight is 574 g/mol. The van der Waals surface area contributed by atoms with Gasteiger partial charge in [-0.3, -0.25) is 9.45 Å². The molecule has 38 heavy (non-hydrogen) atoms. The van der Waals surface area contributed by atoms with E-state index in [9.17, 15) is 21.4 Å². The van der Waals surface area contributed by atoms with Crippen molar-refractivity contribution in [2.75, 3.05) is 58.3 Å². The molecule has 1 unspecified atom stereocenters. The van der Waals surface area contributed by atoms with Crippen molar-refractivity contribution in [3.05, 3.63) is 24.3 Å². The molecular weight excluding hydrogens is 526 g/mol. The van der Waals surface area contributed by atoms with Crippen molar-refractivity contribution in [3.8, 4) is 0 Å². The molecule has 0 amide bonds. The van der Waals surface area contributed by atoms with E-state index >= 15 is 0 Å². The summed E-state index contributed by atoms with van der Waals surface area (Å²) in [5, 5.41) is 0. The van der Waals surface area contributed by atoms with Crippen LogP contribution in [0.15, 0.2) is 29.2 Å². The van der Waals surface area contributed by atoms with Crippen LogP contribution in [0.1, 0.15) is 64.2 Å². The van der Waals surface area contributed by atoms with E-state index in [-0.39, 0.29) is 11.1 Å². The molecular formula is C26H47N5O5S2. The Morgan fingerprint density at radius 2 is 1.58 bits per heavy atom. The van der Waals surface area contributed by atoms with Gasteiger partial charge in [0.2, 0.25) is 10.0 Å². The number of piperidine rings is 1. The molecule has 12 heteroatoms. The minimum Gasteiger partial charge on any atom is -0.378 e. The second-order valence-corrected chi connectivity index (χ2v) is 13.9. The van der Waals surface area contributed by atoms with Gasteiger partial charge >= 0.3 is 10.3 Å². The largest absolute Gasteiger partial charge is 0.378 e. The Morgan fingerprint density at radius 1 is 0.921 bits per heavy atom. The molecule has 1 aromatic rings. The lowest BCUT2D eigenvalue weighted by Crippen LogP contribution is -2.51. The Bertz CT molecular complexity index is 1040. The van der Waals surface area contributed by atoms with Crippen LogP contribution >= 0.6 is 0 Å². The van der Waals surface area contributed by atoms with Gasteiger partial charge < -0.3 is 9.80 Å². The van der Waals surface area contributed by atoms with E-state index in [1.165, 1.54) is 32.1 Å². The van der Waals surface area contributed by atoms with E-state index < -0.39 is 20.3 Å². The fourth-order valence-corrected chi connectivity index (χ4v) is 7.29. The molecule has 0 spiro atoms. The van der Waals surface area contributed by atoms with E-state index in [2.05, 4.69) is 19.2 Å². The number of hydrogen-bond donors (Lipinski definition) is 3. The van der Waals surface area contributed by atoms with Crippen molar-refractivity contribution in [2.24, 2.45) is 5.92 Å². The third-order valence-electron chi connectivity index (χ3n) is 7.67. The Labute approximate surface area is 230 Å². The summed E-state index contributed by atoms with van der Waals surface area (Å²) in [5.74, 6) is 0.680. The maximum absolute atomic E-state index is 12.7. The van der Waals surface area contributed by atoms with Crippen LogP contribution < -0.4 is 14.3 Å². The van der Waals surface area contributed by atoms with Gasteiger partial charge in [0.05, 0.1) is 11.1 Å². The summed E-state index contributed by atoms with van der Waals surface area (Å²) < 4.78 is 62.6. The minimum absolute atomic E-state index is 0.275. The highest BCUT2D eigenvalue weighted by Crippen LogP contribution is 2.25. The highest BCUT2D eigenvalue weighted by atomic mass is 32.2. The summed E-state index contributed by atoms with van der Waals surface area (Å²) in [6.45, 7) is 4.66. The van der Waals surface area contributed by atoms with E-state index in [0.29, 0.717) is 18.9 Å². The zero-order valence-electron chi connectivity index (χ0n) is 23.0. The van der Waals surface area contributed by atoms with Gasteiger partial charge in [0.25, 0.3) is 0 Å². The zero-order chi connectivity index (χ0) is 27.6. The maximum atomic E-state index is 12.7. The fourth-order valence-electron chi connectivity index (χ4n) is 5.61. The van der Waals surface area contributed by atoms with E-state index in [0.717, 1.165) is 64.1 Å². The normalized spacial score (nSPS) is 20.2. The van der Waals surface area contributed by atoms with Gasteiger partial charge in [0.1, 0.15) is 0 Å². The number of rotatable bonds is 15. The third kappa shape index (κ3) is 10.7. The Hall–Kier alpha value is -1.28. The number of anilines is 1. The van der Waals surface area contributed by atoms with Crippen molar-refractivity contribution < 1.29 is 21.4 Å². The smallest absolute Gasteiger partial charge is 0.334 e. The molecule has 1 heterocycles. The predicted molar refractivity (Wildman–Crippen MR) is 152 cm³/mol. The van der Waals surface area contributed by atoms with Crippen molar-refractivity contribution in [1.82, 2.24) is 19.2 Å². The van der Waals surface area contributed by atoms with E-state index in [1.807, 2.05) is 19.0 Å². The second-order valence-electron chi connectivity index (χ2n) is 10.9. The third-order valence-corrected chi connectivity index (χ3v) is 9.71. The minimum atomic E-state index is -4.23. The SMILES string of the molecule is CN(C)c1ccc(S(=O)(=O)NCCCN(CCCN2CCCCC2NS(=O)(=O)O)CC2CCCCC2)cc1. The van der Waals surface area contributed by atoms with E-state index in [4.69, 9.17) is 0 Å². The molecule has 1 aliphatic carbocycles. The van der Waals surface area contributed by atoms with Crippen molar-refractivity contribution in [2.45, 2.75) is 75.3 Å². The Balaban J connectivity index is 1.49. The fraction of sp³-hybridized carbons (Fsp3) is 0.769. The van der Waals surface area contributed by atoms with Crippen LogP contribution in [0.3, 0.4) is 0 Å². The van der Waals surface area contributed by atoms with Gasteiger partial charge in [0, 0.05) is 39.4 Å².